The average molecular weight is 328 g/mol. The number of carbonyl (C=O) groups is 2. The molecule has 1 aromatic rings. The molecule has 0 aromatic heterocycles. The molecular formula is C14H20N2O5S. The van der Waals surface area contributed by atoms with E-state index < -0.39 is 27.8 Å². The van der Waals surface area contributed by atoms with Crippen LogP contribution in [-0.2, 0) is 19.4 Å². The Kier molecular flexibility index (Phi) is 6.07. The normalized spacial score (nSPS) is 12.5. The Morgan fingerprint density at radius 2 is 1.95 bits per heavy atom. The standard InChI is InChI=1S/C14H20N2O5S/c1-4-5-12(15)13(17)16-10-6-9(14(18)21-2)7-11(8-10)22(3,19)20/h6-8,12H,4-5,15H2,1-3H3,(H,16,17). The lowest BCUT2D eigenvalue weighted by molar-refractivity contribution is -0.117. The van der Waals surface area contributed by atoms with Gasteiger partial charge in [0.25, 0.3) is 0 Å². The van der Waals surface area contributed by atoms with Crippen LogP contribution in [-0.4, -0.2) is 39.7 Å². The molecule has 0 radical (unpaired) electrons. The largest absolute Gasteiger partial charge is 0.465 e. The number of methoxy groups -OCH3 is 1. The van der Waals surface area contributed by atoms with Crippen LogP contribution in [0.5, 0.6) is 0 Å². The van der Waals surface area contributed by atoms with Crippen molar-refractivity contribution in [2.75, 3.05) is 18.7 Å². The SMILES string of the molecule is CCCC(N)C(=O)Nc1cc(C(=O)OC)cc(S(C)(=O)=O)c1. The van der Waals surface area contributed by atoms with Gasteiger partial charge >= 0.3 is 5.97 Å². The molecule has 0 spiro atoms. The summed E-state index contributed by atoms with van der Waals surface area (Å²) in [5.74, 6) is -1.14. The van der Waals surface area contributed by atoms with Gasteiger partial charge in [-0.05, 0) is 24.6 Å². The highest BCUT2D eigenvalue weighted by Crippen LogP contribution is 2.20. The van der Waals surface area contributed by atoms with Crippen molar-refractivity contribution in [3.8, 4) is 0 Å². The smallest absolute Gasteiger partial charge is 0.337 e. The Morgan fingerprint density at radius 3 is 2.45 bits per heavy atom. The summed E-state index contributed by atoms with van der Waals surface area (Å²) in [6.07, 6.45) is 2.25. The Labute approximate surface area is 129 Å². The molecule has 122 valence electrons. The van der Waals surface area contributed by atoms with Crippen molar-refractivity contribution in [3.63, 3.8) is 0 Å². The van der Waals surface area contributed by atoms with Crippen LogP contribution in [0, 0.1) is 0 Å². The van der Waals surface area contributed by atoms with Crippen LogP contribution in [0.25, 0.3) is 0 Å². The van der Waals surface area contributed by atoms with Crippen molar-refractivity contribution in [2.45, 2.75) is 30.7 Å². The number of anilines is 1. The summed E-state index contributed by atoms with van der Waals surface area (Å²) in [6.45, 7) is 1.90. The van der Waals surface area contributed by atoms with Crippen LogP contribution in [0.3, 0.4) is 0 Å². The van der Waals surface area contributed by atoms with E-state index in [0.717, 1.165) is 12.7 Å². The van der Waals surface area contributed by atoms with Crippen LogP contribution in [0.1, 0.15) is 30.1 Å². The molecule has 8 heteroatoms. The number of benzene rings is 1. The summed E-state index contributed by atoms with van der Waals surface area (Å²) in [7, 11) is -2.36. The first kappa shape index (κ1) is 18.1. The van der Waals surface area contributed by atoms with E-state index in [2.05, 4.69) is 10.1 Å². The van der Waals surface area contributed by atoms with E-state index in [1.807, 2.05) is 6.92 Å². The molecule has 1 atom stereocenters. The molecule has 22 heavy (non-hydrogen) atoms. The van der Waals surface area contributed by atoms with Crippen molar-refractivity contribution in [2.24, 2.45) is 5.73 Å². The van der Waals surface area contributed by atoms with E-state index in [4.69, 9.17) is 5.73 Å². The number of amides is 1. The highest BCUT2D eigenvalue weighted by molar-refractivity contribution is 7.90. The van der Waals surface area contributed by atoms with Crippen LogP contribution < -0.4 is 11.1 Å². The number of esters is 1. The third-order valence-electron chi connectivity index (χ3n) is 2.96. The first-order valence-electron chi connectivity index (χ1n) is 6.69. The van der Waals surface area contributed by atoms with E-state index in [1.54, 1.807) is 0 Å². The predicted octanol–water partition coefficient (Wildman–Crippen LogP) is 0.943. The van der Waals surface area contributed by atoms with E-state index >= 15 is 0 Å². The quantitative estimate of drug-likeness (QED) is 0.751. The number of rotatable bonds is 6. The van der Waals surface area contributed by atoms with Gasteiger partial charge in [0.15, 0.2) is 9.84 Å². The molecule has 0 aliphatic heterocycles. The summed E-state index contributed by atoms with van der Waals surface area (Å²) in [5.41, 5.74) is 5.91. The Hall–Kier alpha value is -1.93. The van der Waals surface area contributed by atoms with Crippen molar-refractivity contribution < 1.29 is 22.7 Å². The highest BCUT2D eigenvalue weighted by Gasteiger charge is 2.17. The summed E-state index contributed by atoms with van der Waals surface area (Å²) in [6, 6.07) is 3.12. The number of carbonyl (C=O) groups excluding carboxylic acids is 2. The summed E-state index contributed by atoms with van der Waals surface area (Å²) >= 11 is 0. The highest BCUT2D eigenvalue weighted by atomic mass is 32.2. The number of nitrogens with one attached hydrogen (secondary N) is 1. The number of ether oxygens (including phenoxy) is 1. The monoisotopic (exact) mass is 328 g/mol. The Bertz CT molecular complexity index is 670. The number of nitrogens with two attached hydrogens (primary N) is 1. The van der Waals surface area contributed by atoms with E-state index in [0.29, 0.717) is 6.42 Å². The molecule has 0 aliphatic carbocycles. The van der Waals surface area contributed by atoms with E-state index in [-0.39, 0.29) is 16.1 Å². The summed E-state index contributed by atoms with van der Waals surface area (Å²) < 4.78 is 27.9. The van der Waals surface area contributed by atoms with Gasteiger partial charge in [0.05, 0.1) is 23.6 Å². The topological polar surface area (TPSA) is 116 Å². The third-order valence-corrected chi connectivity index (χ3v) is 4.05. The maximum atomic E-state index is 11.9. The minimum Gasteiger partial charge on any atom is -0.465 e. The van der Waals surface area contributed by atoms with Gasteiger partial charge in [-0.1, -0.05) is 13.3 Å². The van der Waals surface area contributed by atoms with Gasteiger partial charge in [0.1, 0.15) is 0 Å². The van der Waals surface area contributed by atoms with Gasteiger partial charge in [0, 0.05) is 11.9 Å². The zero-order valence-electron chi connectivity index (χ0n) is 12.8. The fourth-order valence-electron chi connectivity index (χ4n) is 1.80. The zero-order chi connectivity index (χ0) is 16.9. The molecule has 0 saturated heterocycles. The van der Waals surface area contributed by atoms with Gasteiger partial charge in [-0.3, -0.25) is 4.79 Å². The molecule has 1 unspecified atom stereocenters. The van der Waals surface area contributed by atoms with Crippen LogP contribution in [0.2, 0.25) is 0 Å². The molecule has 0 saturated carbocycles. The van der Waals surface area contributed by atoms with Gasteiger partial charge in [-0.25, -0.2) is 13.2 Å². The second kappa shape index (κ2) is 7.37. The third kappa shape index (κ3) is 4.81. The average Bonchev–Trinajstić information content (AvgIpc) is 2.45. The Balaban J connectivity index is 3.19. The van der Waals surface area contributed by atoms with Crippen molar-refractivity contribution in [1.29, 1.82) is 0 Å². The van der Waals surface area contributed by atoms with Crippen LogP contribution in [0.4, 0.5) is 5.69 Å². The van der Waals surface area contributed by atoms with Gasteiger partial charge < -0.3 is 15.8 Å². The minimum atomic E-state index is -3.55. The van der Waals surface area contributed by atoms with Crippen molar-refractivity contribution in [3.05, 3.63) is 23.8 Å². The first-order valence-corrected chi connectivity index (χ1v) is 8.58. The molecule has 1 amide bonds. The molecule has 0 heterocycles. The fourth-order valence-corrected chi connectivity index (χ4v) is 2.48. The summed E-state index contributed by atoms with van der Waals surface area (Å²) in [4.78, 5) is 23.4. The van der Waals surface area contributed by atoms with Gasteiger partial charge in [0.2, 0.25) is 5.91 Å². The molecule has 3 N–H and O–H groups in total. The molecule has 7 nitrogen and oxygen atoms in total. The lowest BCUT2D eigenvalue weighted by Gasteiger charge is -2.13. The molecule has 0 aliphatic rings. The molecular weight excluding hydrogens is 308 g/mol. The van der Waals surface area contributed by atoms with Crippen molar-refractivity contribution in [1.82, 2.24) is 0 Å². The second-order valence-corrected chi connectivity index (χ2v) is 6.91. The maximum absolute atomic E-state index is 11.9. The number of hydrogen-bond acceptors (Lipinski definition) is 6. The van der Waals surface area contributed by atoms with E-state index in [9.17, 15) is 18.0 Å². The molecule has 0 bridgehead atoms. The van der Waals surface area contributed by atoms with E-state index in [1.165, 1.54) is 25.3 Å². The maximum Gasteiger partial charge on any atom is 0.337 e. The molecule has 1 aromatic carbocycles. The van der Waals surface area contributed by atoms with Crippen LogP contribution >= 0.6 is 0 Å². The van der Waals surface area contributed by atoms with Gasteiger partial charge in [-0.2, -0.15) is 0 Å². The first-order chi connectivity index (χ1) is 10.2. The second-order valence-electron chi connectivity index (χ2n) is 4.89. The molecule has 1 rings (SSSR count). The fraction of sp³-hybridized carbons (Fsp3) is 0.429. The predicted molar refractivity (Wildman–Crippen MR) is 82.4 cm³/mol. The van der Waals surface area contributed by atoms with Crippen molar-refractivity contribution >= 4 is 27.4 Å². The number of hydrogen-bond donors (Lipinski definition) is 2. The number of sulfone groups is 1. The lowest BCUT2D eigenvalue weighted by atomic mass is 10.1. The Morgan fingerprint density at radius 1 is 1.32 bits per heavy atom. The minimum absolute atomic E-state index is 0.0322. The zero-order valence-corrected chi connectivity index (χ0v) is 13.6. The van der Waals surface area contributed by atoms with Crippen LogP contribution in [0.15, 0.2) is 23.1 Å². The lowest BCUT2D eigenvalue weighted by Crippen LogP contribution is -2.35. The van der Waals surface area contributed by atoms with Gasteiger partial charge in [-0.15, -0.1) is 0 Å². The molecule has 0 fully saturated rings. The summed E-state index contributed by atoms with van der Waals surface area (Å²) in [5, 5.41) is 2.52.